The van der Waals surface area contributed by atoms with Crippen molar-refractivity contribution < 1.29 is 9.53 Å². The summed E-state index contributed by atoms with van der Waals surface area (Å²) in [6, 6.07) is 0.584. The minimum atomic E-state index is -0.446. The number of nitrogens with zero attached hydrogens (tertiary/aromatic N) is 4. The van der Waals surface area contributed by atoms with Crippen LogP contribution in [-0.4, -0.2) is 73.3 Å². The number of hydrogen-bond acceptors (Lipinski definition) is 7. The van der Waals surface area contributed by atoms with Crippen LogP contribution in [0.1, 0.15) is 10.5 Å². The van der Waals surface area contributed by atoms with Gasteiger partial charge in [-0.15, -0.1) is 0 Å². The summed E-state index contributed by atoms with van der Waals surface area (Å²) in [7, 11) is 1.35. The van der Waals surface area contributed by atoms with Gasteiger partial charge in [-0.05, 0) is 0 Å². The highest BCUT2D eigenvalue weighted by Crippen LogP contribution is 2.21. The molecule has 0 radical (unpaired) electrons. The average molecular weight is 277 g/mol. The molecule has 7 heteroatoms. The van der Waals surface area contributed by atoms with Gasteiger partial charge in [-0.1, -0.05) is 0 Å². The molecule has 1 aromatic rings. The lowest BCUT2D eigenvalue weighted by atomic mass is 10.1. The number of carbonyl (C=O) groups excluding carboxylic acids is 1. The van der Waals surface area contributed by atoms with Gasteiger partial charge in [0.15, 0.2) is 5.69 Å². The van der Waals surface area contributed by atoms with E-state index in [2.05, 4.69) is 29.8 Å². The third kappa shape index (κ3) is 2.59. The van der Waals surface area contributed by atoms with E-state index >= 15 is 0 Å². The third-order valence-electron chi connectivity index (χ3n) is 3.87. The van der Waals surface area contributed by atoms with E-state index in [-0.39, 0.29) is 5.69 Å². The normalized spacial score (nSPS) is 20.6. The minimum Gasteiger partial charge on any atom is -0.464 e. The van der Waals surface area contributed by atoms with Crippen LogP contribution in [0.3, 0.4) is 0 Å². The molecule has 108 valence electrons. The molecule has 2 fully saturated rings. The van der Waals surface area contributed by atoms with Gasteiger partial charge in [0.25, 0.3) is 0 Å². The van der Waals surface area contributed by atoms with Crippen LogP contribution in [0.15, 0.2) is 12.4 Å². The molecule has 2 aliphatic rings. The molecule has 3 rings (SSSR count). The van der Waals surface area contributed by atoms with Crippen LogP contribution < -0.4 is 10.2 Å². The van der Waals surface area contributed by atoms with Gasteiger partial charge in [-0.2, -0.15) is 0 Å². The van der Waals surface area contributed by atoms with Gasteiger partial charge in [0.05, 0.1) is 19.5 Å². The number of rotatable bonds is 3. The number of aromatic nitrogens is 2. The number of esters is 1. The Morgan fingerprint density at radius 1 is 1.35 bits per heavy atom. The summed E-state index contributed by atoms with van der Waals surface area (Å²) in [5.41, 5.74) is 0.260. The first-order valence-electron chi connectivity index (χ1n) is 6.88. The van der Waals surface area contributed by atoms with E-state index in [1.807, 2.05) is 0 Å². The fourth-order valence-corrected chi connectivity index (χ4v) is 2.63. The minimum absolute atomic E-state index is 0.260. The van der Waals surface area contributed by atoms with Gasteiger partial charge < -0.3 is 15.0 Å². The largest absolute Gasteiger partial charge is 0.464 e. The lowest BCUT2D eigenvalue weighted by Gasteiger charge is -2.47. The van der Waals surface area contributed by atoms with E-state index in [0.29, 0.717) is 6.04 Å². The van der Waals surface area contributed by atoms with E-state index in [1.54, 1.807) is 6.20 Å². The van der Waals surface area contributed by atoms with Crippen molar-refractivity contribution in [3.8, 4) is 0 Å². The van der Waals surface area contributed by atoms with E-state index in [1.165, 1.54) is 13.3 Å². The molecule has 0 unspecified atom stereocenters. The molecule has 1 N–H and O–H groups in total. The first-order valence-corrected chi connectivity index (χ1v) is 6.88. The summed E-state index contributed by atoms with van der Waals surface area (Å²) in [5.74, 6) is 0.304. The number of hydrogen-bond donors (Lipinski definition) is 1. The van der Waals surface area contributed by atoms with Crippen molar-refractivity contribution in [2.45, 2.75) is 6.04 Å². The van der Waals surface area contributed by atoms with Gasteiger partial charge in [0, 0.05) is 45.3 Å². The van der Waals surface area contributed by atoms with Crippen LogP contribution in [0, 0.1) is 0 Å². The quantitative estimate of drug-likeness (QED) is 0.737. The van der Waals surface area contributed by atoms with Gasteiger partial charge in [-0.25, -0.2) is 9.78 Å². The van der Waals surface area contributed by atoms with Crippen LogP contribution in [0.25, 0.3) is 0 Å². The maximum absolute atomic E-state index is 11.4. The molecule has 0 bridgehead atoms. The molecular formula is C13H19N5O2. The zero-order chi connectivity index (χ0) is 13.9. The fourth-order valence-electron chi connectivity index (χ4n) is 2.63. The Morgan fingerprint density at radius 3 is 2.80 bits per heavy atom. The van der Waals surface area contributed by atoms with Crippen molar-refractivity contribution in [2.24, 2.45) is 0 Å². The highest BCUT2D eigenvalue weighted by atomic mass is 16.5. The number of anilines is 1. The molecule has 0 atom stereocenters. The number of piperazine rings is 1. The Labute approximate surface area is 117 Å². The molecule has 0 aromatic carbocycles. The highest BCUT2D eigenvalue weighted by molar-refractivity contribution is 5.87. The predicted octanol–water partition coefficient (Wildman–Crippen LogP) is -0.643. The summed E-state index contributed by atoms with van der Waals surface area (Å²) in [4.78, 5) is 24.5. The van der Waals surface area contributed by atoms with Crippen molar-refractivity contribution in [3.63, 3.8) is 0 Å². The first kappa shape index (κ1) is 13.3. The van der Waals surface area contributed by atoms with Crippen LogP contribution in [-0.2, 0) is 4.74 Å². The molecule has 2 aliphatic heterocycles. The zero-order valence-electron chi connectivity index (χ0n) is 11.6. The van der Waals surface area contributed by atoms with Crippen LogP contribution in [0.5, 0.6) is 0 Å². The Balaban J connectivity index is 1.60. The highest BCUT2D eigenvalue weighted by Gasteiger charge is 2.33. The number of ether oxygens (including phenoxy) is 1. The maximum atomic E-state index is 11.4. The summed E-state index contributed by atoms with van der Waals surface area (Å²) < 4.78 is 4.66. The van der Waals surface area contributed by atoms with Crippen LogP contribution in [0.4, 0.5) is 5.82 Å². The summed E-state index contributed by atoms with van der Waals surface area (Å²) in [6.45, 7) is 6.22. The molecule has 0 spiro atoms. The van der Waals surface area contributed by atoms with Crippen molar-refractivity contribution in [3.05, 3.63) is 18.1 Å². The lowest BCUT2D eigenvalue weighted by Crippen LogP contribution is -2.63. The van der Waals surface area contributed by atoms with Gasteiger partial charge in [0.2, 0.25) is 0 Å². The van der Waals surface area contributed by atoms with Gasteiger partial charge in [-0.3, -0.25) is 9.88 Å². The van der Waals surface area contributed by atoms with Crippen LogP contribution >= 0.6 is 0 Å². The molecule has 3 heterocycles. The second kappa shape index (κ2) is 5.72. The summed E-state index contributed by atoms with van der Waals surface area (Å²) in [6.07, 6.45) is 3.13. The first-order chi connectivity index (χ1) is 9.78. The third-order valence-corrected chi connectivity index (χ3v) is 3.87. The molecule has 7 nitrogen and oxygen atoms in total. The second-order valence-electron chi connectivity index (χ2n) is 5.10. The number of carbonyl (C=O) groups is 1. The Morgan fingerprint density at radius 2 is 2.10 bits per heavy atom. The van der Waals surface area contributed by atoms with Gasteiger partial charge in [0.1, 0.15) is 5.82 Å². The van der Waals surface area contributed by atoms with E-state index < -0.39 is 5.97 Å². The molecule has 0 saturated carbocycles. The summed E-state index contributed by atoms with van der Waals surface area (Å²) >= 11 is 0. The standard InChI is InChI=1S/C13H19N5O2/c1-20-13(19)11-6-15-7-12(16-11)18-8-10(9-18)17-4-2-14-3-5-17/h6-7,10,14H,2-5,8-9H2,1H3. The van der Waals surface area contributed by atoms with Gasteiger partial charge >= 0.3 is 5.97 Å². The zero-order valence-corrected chi connectivity index (χ0v) is 11.6. The Bertz CT molecular complexity index is 483. The number of nitrogens with one attached hydrogen (secondary N) is 1. The van der Waals surface area contributed by atoms with E-state index in [0.717, 1.165) is 45.1 Å². The number of methoxy groups -OCH3 is 1. The lowest BCUT2D eigenvalue weighted by molar-refractivity contribution is 0.0593. The summed E-state index contributed by atoms with van der Waals surface area (Å²) in [5, 5.41) is 3.36. The SMILES string of the molecule is COC(=O)c1cncc(N2CC(N3CCNCC3)C2)n1. The monoisotopic (exact) mass is 277 g/mol. The topological polar surface area (TPSA) is 70.6 Å². The van der Waals surface area contributed by atoms with E-state index in [9.17, 15) is 4.79 Å². The Kier molecular flexibility index (Phi) is 3.79. The molecule has 0 amide bonds. The average Bonchev–Trinajstić information content (AvgIpc) is 2.46. The van der Waals surface area contributed by atoms with Crippen molar-refractivity contribution >= 4 is 11.8 Å². The van der Waals surface area contributed by atoms with Crippen molar-refractivity contribution in [1.29, 1.82) is 0 Å². The predicted molar refractivity (Wildman–Crippen MR) is 73.8 cm³/mol. The molecular weight excluding hydrogens is 258 g/mol. The van der Waals surface area contributed by atoms with Crippen LogP contribution in [0.2, 0.25) is 0 Å². The van der Waals surface area contributed by atoms with Crippen molar-refractivity contribution in [2.75, 3.05) is 51.3 Å². The Hall–Kier alpha value is -1.73. The molecule has 0 aliphatic carbocycles. The maximum Gasteiger partial charge on any atom is 0.358 e. The second-order valence-corrected chi connectivity index (χ2v) is 5.10. The fraction of sp³-hybridized carbons (Fsp3) is 0.615. The van der Waals surface area contributed by atoms with E-state index in [4.69, 9.17) is 0 Å². The molecule has 2 saturated heterocycles. The smallest absolute Gasteiger partial charge is 0.358 e. The molecule has 1 aromatic heterocycles. The molecule has 20 heavy (non-hydrogen) atoms. The van der Waals surface area contributed by atoms with Crippen molar-refractivity contribution in [1.82, 2.24) is 20.2 Å².